The number of carbonyl (C=O) groups excluding carboxylic acids is 3. The summed E-state index contributed by atoms with van der Waals surface area (Å²) in [6.07, 6.45) is -10.6. The molecule has 1 atom stereocenters. The summed E-state index contributed by atoms with van der Waals surface area (Å²) in [6, 6.07) is 9.04. The molecule has 52 heavy (non-hydrogen) atoms. The third kappa shape index (κ3) is 8.76. The van der Waals surface area contributed by atoms with E-state index in [1.54, 1.807) is 4.90 Å². The predicted octanol–water partition coefficient (Wildman–Crippen LogP) is 5.56. The van der Waals surface area contributed by atoms with Gasteiger partial charge >= 0.3 is 24.5 Å². The number of piperazine rings is 1. The number of anilines is 1. The Labute approximate surface area is 298 Å². The second kappa shape index (κ2) is 15.5. The molecule has 4 heterocycles. The van der Waals surface area contributed by atoms with Gasteiger partial charge in [0.1, 0.15) is 0 Å². The number of nitrogens with zero attached hydrogens (tertiary/aromatic N) is 5. The largest absolute Gasteiger partial charge is 0.436 e. The van der Waals surface area contributed by atoms with E-state index in [-0.39, 0.29) is 36.8 Å². The Kier molecular flexibility index (Phi) is 11.2. The highest BCUT2D eigenvalue weighted by atomic mass is 19.4. The van der Waals surface area contributed by atoms with Crippen LogP contribution in [0.25, 0.3) is 0 Å². The normalized spacial score (nSPS) is 21.0. The zero-order valence-electron chi connectivity index (χ0n) is 29.0. The number of alkyl halides is 6. The Bertz CT molecular complexity index is 1600. The standard InChI is InChI=1S/C36H44F6N6O4/c1-44-18-20-45(21-19-44)26-9-13-46(14-10-26)32(49)31(23-24-6-7-28(35(37,38)39)29(22-24)36(40,41)42)52-34(51)47-15-11-27(12-16-47)48-17-8-25-4-2-3-5-30(25)43-33(48)50/h2-7,22,26-27,31H,8-21,23H2,1H3,(H,43,50)/t31-/m1/s1. The highest BCUT2D eigenvalue weighted by molar-refractivity contribution is 5.91. The summed E-state index contributed by atoms with van der Waals surface area (Å²) in [6.45, 7) is 5.26. The summed E-state index contributed by atoms with van der Waals surface area (Å²) < 4.78 is 87.6. The van der Waals surface area contributed by atoms with Crippen molar-refractivity contribution in [2.45, 2.75) is 69.1 Å². The van der Waals surface area contributed by atoms with E-state index in [0.717, 1.165) is 43.5 Å². The van der Waals surface area contributed by atoms with Gasteiger partial charge in [-0.1, -0.05) is 24.3 Å². The van der Waals surface area contributed by atoms with Crippen molar-refractivity contribution in [1.82, 2.24) is 24.5 Å². The number of hydrogen-bond donors (Lipinski definition) is 1. The molecule has 0 aliphatic carbocycles. The topological polar surface area (TPSA) is 88.7 Å². The van der Waals surface area contributed by atoms with Gasteiger partial charge in [0.2, 0.25) is 0 Å². The van der Waals surface area contributed by atoms with Gasteiger partial charge in [0, 0.05) is 83.1 Å². The van der Waals surface area contributed by atoms with Gasteiger partial charge in [-0.2, -0.15) is 26.3 Å². The lowest BCUT2D eigenvalue weighted by atomic mass is 9.98. The molecule has 4 aliphatic heterocycles. The van der Waals surface area contributed by atoms with Crippen molar-refractivity contribution in [3.05, 3.63) is 64.7 Å². The van der Waals surface area contributed by atoms with Crippen LogP contribution in [0.1, 0.15) is 47.9 Å². The van der Waals surface area contributed by atoms with E-state index in [1.165, 1.54) is 9.80 Å². The van der Waals surface area contributed by atoms with Crippen LogP contribution in [-0.2, 0) is 34.7 Å². The third-order valence-electron chi connectivity index (χ3n) is 10.8. The number of carbonyl (C=O) groups is 3. The molecule has 2 aromatic carbocycles. The van der Waals surface area contributed by atoms with Gasteiger partial charge in [0.05, 0.1) is 11.1 Å². The number of urea groups is 1. The average Bonchev–Trinajstić information content (AvgIpc) is 3.28. The summed E-state index contributed by atoms with van der Waals surface area (Å²) in [5.41, 5.74) is -2.14. The number of ether oxygens (including phenoxy) is 1. The quantitative estimate of drug-likeness (QED) is 0.391. The first-order valence-corrected chi connectivity index (χ1v) is 17.8. The Morgan fingerprint density at radius 2 is 1.40 bits per heavy atom. The number of likely N-dealkylation sites (N-methyl/N-ethyl adjacent to an activating group) is 1. The molecule has 2 aromatic rings. The van der Waals surface area contributed by atoms with Gasteiger partial charge in [0.25, 0.3) is 5.91 Å². The summed E-state index contributed by atoms with van der Waals surface area (Å²) in [7, 11) is 2.06. The molecule has 6 rings (SSSR count). The number of likely N-dealkylation sites (tertiary alicyclic amines) is 2. The molecular weight excluding hydrogens is 694 g/mol. The Hall–Kier alpha value is -4.05. The number of benzene rings is 2. The monoisotopic (exact) mass is 738 g/mol. The first-order valence-electron chi connectivity index (χ1n) is 17.8. The minimum absolute atomic E-state index is 0.162. The Balaban J connectivity index is 1.14. The van der Waals surface area contributed by atoms with Crippen LogP contribution in [0.15, 0.2) is 42.5 Å². The van der Waals surface area contributed by atoms with Gasteiger partial charge in [-0.05, 0) is 68.5 Å². The number of rotatable bonds is 6. The van der Waals surface area contributed by atoms with Crippen LogP contribution in [0, 0.1) is 0 Å². The first kappa shape index (κ1) is 37.7. The van der Waals surface area contributed by atoms with Crippen molar-refractivity contribution < 1.29 is 45.5 Å². The van der Waals surface area contributed by atoms with Crippen LogP contribution >= 0.6 is 0 Å². The second-order valence-corrected chi connectivity index (χ2v) is 14.1. The maximum absolute atomic E-state index is 13.9. The molecule has 0 spiro atoms. The molecule has 0 bridgehead atoms. The molecule has 4 amide bonds. The molecule has 0 radical (unpaired) electrons. The molecule has 3 saturated heterocycles. The van der Waals surface area contributed by atoms with Gasteiger partial charge in [-0.15, -0.1) is 0 Å². The maximum atomic E-state index is 13.9. The highest BCUT2D eigenvalue weighted by Crippen LogP contribution is 2.41. The summed E-state index contributed by atoms with van der Waals surface area (Å²) in [5.74, 6) is -0.602. The SMILES string of the molecule is CN1CCN(C2CCN(C(=O)[C@@H](Cc3ccc(C(F)(F)F)c(C(F)(F)F)c3)OC(=O)N3CCC(N4CCc5ccccc5NC4=O)CC3)CC2)CC1. The Morgan fingerprint density at radius 1 is 0.788 bits per heavy atom. The number of halogens is 6. The van der Waals surface area contributed by atoms with E-state index >= 15 is 0 Å². The number of amides is 4. The molecule has 1 N–H and O–H groups in total. The lowest BCUT2D eigenvalue weighted by Crippen LogP contribution is -2.54. The minimum Gasteiger partial charge on any atom is -0.436 e. The van der Waals surface area contributed by atoms with Crippen molar-refractivity contribution in [1.29, 1.82) is 0 Å². The van der Waals surface area contributed by atoms with Crippen LogP contribution in [-0.4, -0.2) is 127 Å². The van der Waals surface area contributed by atoms with Gasteiger partial charge in [-0.25, -0.2) is 9.59 Å². The average molecular weight is 739 g/mol. The number of fused-ring (bicyclic) bond motifs is 1. The Morgan fingerprint density at radius 3 is 2.06 bits per heavy atom. The molecule has 0 unspecified atom stereocenters. The molecule has 0 aromatic heterocycles. The summed E-state index contributed by atoms with van der Waals surface area (Å²) in [5, 5.41) is 2.95. The van der Waals surface area contributed by atoms with Crippen LogP contribution < -0.4 is 5.32 Å². The molecule has 16 heteroatoms. The molecule has 4 aliphatic rings. The van der Waals surface area contributed by atoms with Crippen molar-refractivity contribution in [3.8, 4) is 0 Å². The van der Waals surface area contributed by atoms with Crippen molar-refractivity contribution in [2.24, 2.45) is 0 Å². The summed E-state index contributed by atoms with van der Waals surface area (Å²) >= 11 is 0. The molecular formula is C36H44F6N6O4. The fraction of sp³-hybridized carbons (Fsp3) is 0.583. The second-order valence-electron chi connectivity index (χ2n) is 14.1. The van der Waals surface area contributed by atoms with Crippen molar-refractivity contribution >= 4 is 23.7 Å². The fourth-order valence-electron chi connectivity index (χ4n) is 7.73. The molecule has 10 nitrogen and oxygen atoms in total. The van der Waals surface area contributed by atoms with Crippen molar-refractivity contribution in [2.75, 3.05) is 71.3 Å². The van der Waals surface area contributed by atoms with Crippen molar-refractivity contribution in [3.63, 3.8) is 0 Å². The van der Waals surface area contributed by atoms with Gasteiger partial charge < -0.3 is 29.7 Å². The maximum Gasteiger partial charge on any atom is 0.417 e. The van der Waals surface area contributed by atoms with Crippen LogP contribution in [0.2, 0.25) is 0 Å². The highest BCUT2D eigenvalue weighted by Gasteiger charge is 2.44. The van der Waals surface area contributed by atoms with Gasteiger partial charge in [-0.3, -0.25) is 9.69 Å². The zero-order valence-corrected chi connectivity index (χ0v) is 29.0. The molecule has 284 valence electrons. The van der Waals surface area contributed by atoms with Crippen LogP contribution in [0.5, 0.6) is 0 Å². The number of piperidine rings is 2. The third-order valence-corrected chi connectivity index (χ3v) is 10.8. The fourth-order valence-corrected chi connectivity index (χ4v) is 7.73. The summed E-state index contributed by atoms with van der Waals surface area (Å²) in [4.78, 5) is 49.8. The van der Waals surface area contributed by atoms with E-state index in [9.17, 15) is 40.7 Å². The van der Waals surface area contributed by atoms with E-state index in [0.29, 0.717) is 63.9 Å². The first-order chi connectivity index (χ1) is 24.7. The zero-order chi connectivity index (χ0) is 37.2. The van der Waals surface area contributed by atoms with Crippen LogP contribution in [0.4, 0.5) is 41.6 Å². The van der Waals surface area contributed by atoms with E-state index < -0.39 is 48.0 Å². The number of para-hydroxylation sites is 1. The van der Waals surface area contributed by atoms with Crippen LogP contribution in [0.3, 0.4) is 0 Å². The molecule has 3 fully saturated rings. The number of hydrogen-bond acceptors (Lipinski definition) is 6. The lowest BCUT2D eigenvalue weighted by Gasteiger charge is -2.42. The molecule has 0 saturated carbocycles. The van der Waals surface area contributed by atoms with E-state index in [4.69, 9.17) is 4.74 Å². The number of nitrogens with one attached hydrogen (secondary N) is 1. The predicted molar refractivity (Wildman–Crippen MR) is 180 cm³/mol. The van der Waals surface area contributed by atoms with E-state index in [2.05, 4.69) is 22.2 Å². The minimum atomic E-state index is -5.31. The van der Waals surface area contributed by atoms with E-state index in [1.807, 2.05) is 24.3 Å². The smallest absolute Gasteiger partial charge is 0.417 e. The van der Waals surface area contributed by atoms with Gasteiger partial charge in [0.15, 0.2) is 6.10 Å². The lowest BCUT2D eigenvalue weighted by molar-refractivity contribution is -0.162.